The highest BCUT2D eigenvalue weighted by Gasteiger charge is 2.14. The lowest BCUT2D eigenvalue weighted by Crippen LogP contribution is -2.18. The SMILES string of the molecule is COc1cc(/C=N/NC(=O)c2cc(-c3ccccc3)nc3ccccc23)c(Br)cc1OCc1ccc2ccccc2c1. The van der Waals surface area contributed by atoms with Crippen molar-refractivity contribution in [2.75, 3.05) is 7.11 Å². The number of nitrogens with one attached hydrogen (secondary N) is 1. The number of carbonyl (C=O) groups excluding carboxylic acids is 1. The second-order valence-electron chi connectivity index (χ2n) is 9.63. The summed E-state index contributed by atoms with van der Waals surface area (Å²) in [6, 6.07) is 37.3. The van der Waals surface area contributed by atoms with Crippen LogP contribution < -0.4 is 14.9 Å². The molecule has 0 saturated carbocycles. The molecule has 0 atom stereocenters. The van der Waals surface area contributed by atoms with Crippen molar-refractivity contribution in [3.63, 3.8) is 0 Å². The first kappa shape index (κ1) is 27.2. The molecule has 42 heavy (non-hydrogen) atoms. The number of ether oxygens (including phenoxy) is 2. The van der Waals surface area contributed by atoms with Crippen molar-refractivity contribution < 1.29 is 14.3 Å². The van der Waals surface area contributed by atoms with Crippen molar-refractivity contribution in [2.24, 2.45) is 5.10 Å². The van der Waals surface area contributed by atoms with Crippen LogP contribution in [0.3, 0.4) is 0 Å². The van der Waals surface area contributed by atoms with Gasteiger partial charge in [0.25, 0.3) is 5.91 Å². The molecule has 0 bridgehead atoms. The Morgan fingerprint density at radius 1 is 0.857 bits per heavy atom. The Morgan fingerprint density at radius 3 is 2.45 bits per heavy atom. The number of aromatic nitrogens is 1. The van der Waals surface area contributed by atoms with Gasteiger partial charge in [-0.25, -0.2) is 10.4 Å². The Balaban J connectivity index is 1.19. The number of amides is 1. The molecule has 6 nitrogen and oxygen atoms in total. The molecule has 0 radical (unpaired) electrons. The largest absolute Gasteiger partial charge is 0.493 e. The first-order valence-corrected chi connectivity index (χ1v) is 14.1. The molecular formula is C35H26BrN3O3. The van der Waals surface area contributed by atoms with Crippen LogP contribution in [0, 0.1) is 0 Å². The molecule has 1 N–H and O–H groups in total. The minimum atomic E-state index is -0.333. The van der Waals surface area contributed by atoms with Gasteiger partial charge < -0.3 is 9.47 Å². The van der Waals surface area contributed by atoms with Gasteiger partial charge in [-0.05, 0) is 62.6 Å². The number of carbonyl (C=O) groups is 1. The molecule has 1 aromatic heterocycles. The number of rotatable bonds is 8. The zero-order valence-electron chi connectivity index (χ0n) is 22.8. The van der Waals surface area contributed by atoms with Crippen LogP contribution in [0.5, 0.6) is 11.5 Å². The monoisotopic (exact) mass is 615 g/mol. The number of nitrogens with zero attached hydrogens (tertiary/aromatic N) is 2. The molecule has 7 heteroatoms. The number of fused-ring (bicyclic) bond motifs is 2. The summed E-state index contributed by atoms with van der Waals surface area (Å²) in [5.74, 6) is 0.815. The van der Waals surface area contributed by atoms with Gasteiger partial charge in [0.1, 0.15) is 6.61 Å². The van der Waals surface area contributed by atoms with Gasteiger partial charge >= 0.3 is 0 Å². The normalized spacial score (nSPS) is 11.2. The minimum absolute atomic E-state index is 0.333. The topological polar surface area (TPSA) is 72.8 Å². The van der Waals surface area contributed by atoms with Crippen LogP contribution in [0.15, 0.2) is 125 Å². The van der Waals surface area contributed by atoms with Crippen LogP contribution in [0.1, 0.15) is 21.5 Å². The summed E-state index contributed by atoms with van der Waals surface area (Å²) in [6.07, 6.45) is 1.57. The number of benzene rings is 5. The molecule has 1 amide bonds. The van der Waals surface area contributed by atoms with E-state index in [0.717, 1.165) is 43.1 Å². The van der Waals surface area contributed by atoms with Gasteiger partial charge in [-0.3, -0.25) is 4.79 Å². The summed E-state index contributed by atoms with van der Waals surface area (Å²) in [5, 5.41) is 7.34. The third kappa shape index (κ3) is 5.87. The van der Waals surface area contributed by atoms with Gasteiger partial charge in [-0.15, -0.1) is 0 Å². The van der Waals surface area contributed by atoms with E-state index in [2.05, 4.69) is 56.8 Å². The third-order valence-corrected chi connectivity index (χ3v) is 7.58. The highest BCUT2D eigenvalue weighted by Crippen LogP contribution is 2.34. The van der Waals surface area contributed by atoms with Crippen LogP contribution >= 0.6 is 15.9 Å². The van der Waals surface area contributed by atoms with Gasteiger partial charge in [-0.2, -0.15) is 5.10 Å². The summed E-state index contributed by atoms with van der Waals surface area (Å²) >= 11 is 3.60. The van der Waals surface area contributed by atoms with Gasteiger partial charge in [0, 0.05) is 21.0 Å². The van der Waals surface area contributed by atoms with E-state index in [1.165, 1.54) is 5.39 Å². The summed E-state index contributed by atoms with van der Waals surface area (Å²) in [4.78, 5) is 18.0. The summed E-state index contributed by atoms with van der Waals surface area (Å²) < 4.78 is 12.5. The highest BCUT2D eigenvalue weighted by molar-refractivity contribution is 9.10. The second kappa shape index (κ2) is 12.2. The van der Waals surface area contributed by atoms with E-state index in [9.17, 15) is 4.79 Å². The molecule has 5 aromatic carbocycles. The average molecular weight is 617 g/mol. The lowest BCUT2D eigenvalue weighted by molar-refractivity contribution is 0.0956. The van der Waals surface area contributed by atoms with E-state index in [-0.39, 0.29) is 5.91 Å². The number of hydrogen-bond donors (Lipinski definition) is 1. The number of pyridine rings is 1. The predicted molar refractivity (Wildman–Crippen MR) is 171 cm³/mol. The lowest BCUT2D eigenvalue weighted by Gasteiger charge is -2.13. The first-order valence-electron chi connectivity index (χ1n) is 13.4. The molecule has 0 fully saturated rings. The summed E-state index contributed by atoms with van der Waals surface area (Å²) in [7, 11) is 1.59. The average Bonchev–Trinajstić information content (AvgIpc) is 3.04. The quantitative estimate of drug-likeness (QED) is 0.138. The Labute approximate surface area is 251 Å². The van der Waals surface area contributed by atoms with E-state index in [1.807, 2.05) is 78.9 Å². The van der Waals surface area contributed by atoms with Crippen molar-refractivity contribution in [3.8, 4) is 22.8 Å². The zero-order chi connectivity index (χ0) is 28.9. The molecule has 206 valence electrons. The molecule has 0 saturated heterocycles. The molecule has 0 spiro atoms. The Bertz CT molecular complexity index is 1940. The predicted octanol–water partition coefficient (Wildman–Crippen LogP) is 8.17. The minimum Gasteiger partial charge on any atom is -0.493 e. The van der Waals surface area contributed by atoms with Crippen LogP contribution in [0.25, 0.3) is 32.9 Å². The van der Waals surface area contributed by atoms with Gasteiger partial charge in [-0.1, -0.05) is 84.9 Å². The zero-order valence-corrected chi connectivity index (χ0v) is 24.3. The van der Waals surface area contributed by atoms with Gasteiger partial charge in [0.2, 0.25) is 0 Å². The molecule has 0 aliphatic carbocycles. The van der Waals surface area contributed by atoms with E-state index in [4.69, 9.17) is 14.5 Å². The fourth-order valence-corrected chi connectivity index (χ4v) is 5.18. The maximum Gasteiger partial charge on any atom is 0.272 e. The van der Waals surface area contributed by atoms with Crippen LogP contribution in [-0.4, -0.2) is 24.2 Å². The third-order valence-electron chi connectivity index (χ3n) is 6.89. The van der Waals surface area contributed by atoms with Crippen molar-refractivity contribution in [3.05, 3.63) is 136 Å². The fraction of sp³-hybridized carbons (Fsp3) is 0.0571. The van der Waals surface area contributed by atoms with Crippen LogP contribution in [0.4, 0.5) is 0 Å². The Morgan fingerprint density at radius 2 is 1.62 bits per heavy atom. The van der Waals surface area contributed by atoms with E-state index in [1.54, 1.807) is 19.4 Å². The van der Waals surface area contributed by atoms with Crippen molar-refractivity contribution in [1.29, 1.82) is 0 Å². The standard InChI is InChI=1S/C35H26BrN3O3/c1-41-33-18-27(30(36)20-34(33)42-22-23-15-16-24-9-5-6-12-26(24)17-23)21-37-39-35(40)29-19-32(25-10-3-2-4-11-25)38-31-14-8-7-13-28(29)31/h2-21H,22H2,1H3,(H,39,40)/b37-21+. The maximum absolute atomic E-state index is 13.3. The van der Waals surface area contributed by atoms with Crippen molar-refractivity contribution in [1.82, 2.24) is 10.4 Å². The number of hydrogen-bond acceptors (Lipinski definition) is 5. The van der Waals surface area contributed by atoms with E-state index in [0.29, 0.717) is 23.7 Å². The van der Waals surface area contributed by atoms with Gasteiger partial charge in [0.05, 0.1) is 30.1 Å². The number of para-hydroxylation sites is 1. The van der Waals surface area contributed by atoms with Crippen molar-refractivity contribution in [2.45, 2.75) is 6.61 Å². The molecule has 0 aliphatic heterocycles. The van der Waals surface area contributed by atoms with Crippen LogP contribution in [-0.2, 0) is 6.61 Å². The molecule has 6 rings (SSSR count). The second-order valence-corrected chi connectivity index (χ2v) is 10.5. The summed E-state index contributed by atoms with van der Waals surface area (Å²) in [6.45, 7) is 0.391. The summed E-state index contributed by atoms with van der Waals surface area (Å²) in [5.41, 5.74) is 7.32. The first-order chi connectivity index (χ1) is 20.6. The molecule has 6 aromatic rings. The lowest BCUT2D eigenvalue weighted by atomic mass is 10.0. The molecular weight excluding hydrogens is 590 g/mol. The van der Waals surface area contributed by atoms with E-state index < -0.39 is 0 Å². The Kier molecular flexibility index (Phi) is 7.92. The Hall–Kier alpha value is -5.01. The maximum atomic E-state index is 13.3. The molecule has 0 unspecified atom stereocenters. The fourth-order valence-electron chi connectivity index (χ4n) is 4.75. The van der Waals surface area contributed by atoms with Gasteiger partial charge in [0.15, 0.2) is 11.5 Å². The number of hydrazone groups is 1. The van der Waals surface area contributed by atoms with Crippen molar-refractivity contribution >= 4 is 49.7 Å². The highest BCUT2D eigenvalue weighted by atomic mass is 79.9. The molecule has 1 heterocycles. The number of methoxy groups -OCH3 is 1. The smallest absolute Gasteiger partial charge is 0.272 e. The molecule has 0 aliphatic rings. The number of halogens is 1. The van der Waals surface area contributed by atoms with Crippen LogP contribution in [0.2, 0.25) is 0 Å². The van der Waals surface area contributed by atoms with E-state index >= 15 is 0 Å².